The van der Waals surface area contributed by atoms with Gasteiger partial charge in [0.25, 0.3) is 0 Å². The van der Waals surface area contributed by atoms with Gasteiger partial charge in [0.15, 0.2) is 22.4 Å². The number of aromatic nitrogens is 3. The van der Waals surface area contributed by atoms with E-state index in [0.29, 0.717) is 28.8 Å². The molecule has 0 spiro atoms. The molecule has 1 aromatic carbocycles. The quantitative estimate of drug-likeness (QED) is 0.613. The molecule has 25 heavy (non-hydrogen) atoms. The van der Waals surface area contributed by atoms with Crippen LogP contribution in [0.15, 0.2) is 28.2 Å². The van der Waals surface area contributed by atoms with E-state index >= 15 is 0 Å². The van der Waals surface area contributed by atoms with Gasteiger partial charge in [0.05, 0.1) is 18.4 Å². The van der Waals surface area contributed by atoms with Crippen LogP contribution in [-0.2, 0) is 11.3 Å². The van der Waals surface area contributed by atoms with Crippen molar-refractivity contribution in [1.29, 1.82) is 0 Å². The number of rotatable bonds is 6. The van der Waals surface area contributed by atoms with Crippen molar-refractivity contribution >= 4 is 17.5 Å². The number of carbonyl (C=O) groups is 1. The van der Waals surface area contributed by atoms with Crippen LogP contribution in [0, 0.1) is 0 Å². The predicted molar refractivity (Wildman–Crippen MR) is 89.4 cm³/mol. The van der Waals surface area contributed by atoms with E-state index in [0.717, 1.165) is 19.4 Å². The van der Waals surface area contributed by atoms with Gasteiger partial charge in [-0.2, -0.15) is 0 Å². The van der Waals surface area contributed by atoms with E-state index in [1.807, 2.05) is 0 Å². The Hall–Kier alpha value is -2.26. The highest BCUT2D eigenvalue weighted by molar-refractivity contribution is 7.99. The lowest BCUT2D eigenvalue weighted by Crippen LogP contribution is -2.25. The molecule has 4 rings (SSSR count). The van der Waals surface area contributed by atoms with Crippen molar-refractivity contribution in [2.45, 2.75) is 30.6 Å². The number of carbonyl (C=O) groups excluding carboxylic acids is 1. The monoisotopic (exact) mass is 363 g/mol. The molecule has 1 atom stereocenters. The predicted octanol–water partition coefficient (Wildman–Crippen LogP) is 1.45. The van der Waals surface area contributed by atoms with Crippen LogP contribution in [0.4, 0.5) is 0 Å². The van der Waals surface area contributed by atoms with Crippen molar-refractivity contribution < 1.29 is 19.0 Å². The van der Waals surface area contributed by atoms with Crippen LogP contribution >= 0.6 is 11.8 Å². The molecule has 0 amide bonds. The lowest BCUT2D eigenvalue weighted by molar-refractivity contribution is 0.0941. The smallest absolute Gasteiger partial charge is 0.344 e. The van der Waals surface area contributed by atoms with Crippen LogP contribution in [0.2, 0.25) is 0 Å². The number of thioether (sulfide) groups is 1. The molecule has 0 radical (unpaired) electrons. The third kappa shape index (κ3) is 3.42. The first kappa shape index (κ1) is 16.2. The van der Waals surface area contributed by atoms with E-state index in [-0.39, 0.29) is 30.1 Å². The van der Waals surface area contributed by atoms with Crippen LogP contribution in [-0.4, -0.2) is 45.8 Å². The second-order valence-electron chi connectivity index (χ2n) is 5.84. The number of fused-ring (bicyclic) bond motifs is 1. The van der Waals surface area contributed by atoms with Gasteiger partial charge in [0, 0.05) is 12.2 Å². The Morgan fingerprint density at radius 2 is 2.24 bits per heavy atom. The van der Waals surface area contributed by atoms with E-state index in [9.17, 15) is 9.59 Å². The van der Waals surface area contributed by atoms with Gasteiger partial charge in [-0.3, -0.25) is 9.36 Å². The number of benzene rings is 1. The highest BCUT2D eigenvalue weighted by Crippen LogP contribution is 2.33. The fourth-order valence-electron chi connectivity index (χ4n) is 2.85. The van der Waals surface area contributed by atoms with Crippen LogP contribution in [0.25, 0.3) is 0 Å². The summed E-state index contributed by atoms with van der Waals surface area (Å²) in [5, 5.41) is 6.95. The second kappa shape index (κ2) is 6.93. The first-order chi connectivity index (χ1) is 12.2. The Labute approximate surface area is 147 Å². The van der Waals surface area contributed by atoms with Crippen molar-refractivity contribution in [2.75, 3.05) is 19.2 Å². The minimum atomic E-state index is -0.284. The molecule has 2 aromatic rings. The molecule has 1 fully saturated rings. The van der Waals surface area contributed by atoms with E-state index in [1.54, 1.807) is 18.2 Å². The molecular formula is C16H17N3O5S. The molecule has 8 nitrogen and oxygen atoms in total. The summed E-state index contributed by atoms with van der Waals surface area (Å²) >= 11 is 1.23. The Morgan fingerprint density at radius 1 is 1.36 bits per heavy atom. The Kier molecular flexibility index (Phi) is 4.50. The number of aromatic amines is 1. The third-order valence-corrected chi connectivity index (χ3v) is 5.14. The van der Waals surface area contributed by atoms with Gasteiger partial charge >= 0.3 is 5.69 Å². The summed E-state index contributed by atoms with van der Waals surface area (Å²) in [5.74, 6) is 1.32. The topological polar surface area (TPSA) is 95.4 Å². The lowest BCUT2D eigenvalue weighted by atomic mass is 10.1. The molecule has 0 unspecified atom stereocenters. The van der Waals surface area contributed by atoms with Crippen molar-refractivity contribution in [1.82, 2.24) is 14.8 Å². The molecule has 2 aliphatic heterocycles. The zero-order chi connectivity index (χ0) is 17.2. The fraction of sp³-hybridized carbons (Fsp3) is 0.438. The van der Waals surface area contributed by atoms with Crippen molar-refractivity contribution in [3.05, 3.63) is 34.2 Å². The van der Waals surface area contributed by atoms with Gasteiger partial charge in [0.2, 0.25) is 6.79 Å². The molecule has 0 saturated carbocycles. The summed E-state index contributed by atoms with van der Waals surface area (Å²) in [6, 6.07) is 5.11. The fourth-order valence-corrected chi connectivity index (χ4v) is 3.70. The second-order valence-corrected chi connectivity index (χ2v) is 6.78. The molecule has 132 valence electrons. The Bertz CT molecular complexity index is 841. The number of hydrogen-bond acceptors (Lipinski definition) is 7. The summed E-state index contributed by atoms with van der Waals surface area (Å²) in [6.45, 7) is 1.35. The minimum Gasteiger partial charge on any atom is -0.454 e. The van der Waals surface area contributed by atoms with Crippen LogP contribution in [0.5, 0.6) is 11.5 Å². The minimum absolute atomic E-state index is 0.0270. The normalized spacial score (nSPS) is 18.6. The lowest BCUT2D eigenvalue weighted by Gasteiger charge is -2.10. The van der Waals surface area contributed by atoms with Crippen LogP contribution in [0.1, 0.15) is 23.2 Å². The number of ether oxygens (including phenoxy) is 3. The molecule has 9 heteroatoms. The average Bonchev–Trinajstić information content (AvgIpc) is 3.35. The molecule has 0 aliphatic carbocycles. The van der Waals surface area contributed by atoms with Gasteiger partial charge in [-0.15, -0.1) is 5.10 Å². The Morgan fingerprint density at radius 3 is 3.08 bits per heavy atom. The maximum Gasteiger partial charge on any atom is 0.344 e. The maximum absolute atomic E-state index is 12.4. The zero-order valence-corrected chi connectivity index (χ0v) is 14.2. The number of H-pyrrole nitrogens is 1. The van der Waals surface area contributed by atoms with Gasteiger partial charge in [0.1, 0.15) is 0 Å². The van der Waals surface area contributed by atoms with Gasteiger partial charge in [-0.25, -0.2) is 9.89 Å². The van der Waals surface area contributed by atoms with Crippen molar-refractivity contribution in [3.63, 3.8) is 0 Å². The number of hydrogen-bond donors (Lipinski definition) is 1. The molecule has 2 aliphatic rings. The summed E-state index contributed by atoms with van der Waals surface area (Å²) in [7, 11) is 0. The summed E-state index contributed by atoms with van der Waals surface area (Å²) < 4.78 is 17.6. The first-order valence-corrected chi connectivity index (χ1v) is 9.02. The van der Waals surface area contributed by atoms with E-state index in [1.165, 1.54) is 16.3 Å². The number of nitrogens with one attached hydrogen (secondary N) is 1. The summed E-state index contributed by atoms with van der Waals surface area (Å²) in [4.78, 5) is 24.3. The molecule has 3 heterocycles. The number of ketones is 1. The Balaban J connectivity index is 1.42. The largest absolute Gasteiger partial charge is 0.454 e. The van der Waals surface area contributed by atoms with Crippen LogP contribution in [0.3, 0.4) is 0 Å². The van der Waals surface area contributed by atoms with Crippen LogP contribution < -0.4 is 15.2 Å². The van der Waals surface area contributed by atoms with Crippen molar-refractivity contribution in [2.24, 2.45) is 0 Å². The van der Waals surface area contributed by atoms with E-state index in [4.69, 9.17) is 14.2 Å². The molecular weight excluding hydrogens is 346 g/mol. The number of Topliss-reactive ketones (excluding diaryl/α,β-unsaturated/α-hetero) is 1. The standard InChI is InChI=1S/C16H17N3O5S/c20-12(10-3-4-13-14(6-10)24-9-23-13)8-25-16-18-17-15(21)19(16)7-11-2-1-5-22-11/h3-4,6,11H,1-2,5,7-9H2,(H,17,21)/t11-/m0/s1. The number of nitrogens with zero attached hydrogens (tertiary/aromatic N) is 2. The van der Waals surface area contributed by atoms with Gasteiger partial charge < -0.3 is 14.2 Å². The van der Waals surface area contributed by atoms with E-state index in [2.05, 4.69) is 10.2 Å². The summed E-state index contributed by atoms with van der Waals surface area (Å²) in [6.07, 6.45) is 1.96. The average molecular weight is 363 g/mol. The van der Waals surface area contributed by atoms with Gasteiger partial charge in [-0.05, 0) is 31.0 Å². The highest BCUT2D eigenvalue weighted by Gasteiger charge is 2.21. The summed E-state index contributed by atoms with van der Waals surface area (Å²) in [5.41, 5.74) is 0.258. The third-order valence-electron chi connectivity index (χ3n) is 4.16. The molecule has 1 N–H and O–H groups in total. The highest BCUT2D eigenvalue weighted by atomic mass is 32.2. The first-order valence-electron chi connectivity index (χ1n) is 8.03. The van der Waals surface area contributed by atoms with Crippen molar-refractivity contribution in [3.8, 4) is 11.5 Å². The van der Waals surface area contributed by atoms with Gasteiger partial charge in [-0.1, -0.05) is 11.8 Å². The van der Waals surface area contributed by atoms with E-state index < -0.39 is 0 Å². The molecule has 1 aromatic heterocycles. The molecule has 1 saturated heterocycles. The molecule has 0 bridgehead atoms. The zero-order valence-electron chi connectivity index (χ0n) is 13.4. The maximum atomic E-state index is 12.4. The SMILES string of the molecule is O=C(CSc1n[nH]c(=O)n1C[C@@H]1CCCO1)c1ccc2c(c1)OCO2.